The van der Waals surface area contributed by atoms with Gasteiger partial charge in [-0.1, -0.05) is 6.07 Å². The van der Waals surface area contributed by atoms with Crippen molar-refractivity contribution in [3.8, 4) is 34.1 Å². The number of ether oxygens (including phenoxy) is 4. The lowest BCUT2D eigenvalue weighted by Gasteiger charge is -2.23. The fourth-order valence-electron chi connectivity index (χ4n) is 4.26. The summed E-state index contributed by atoms with van der Waals surface area (Å²) in [6.45, 7) is 1.36. The predicted molar refractivity (Wildman–Crippen MR) is 114 cm³/mol. The largest absolute Gasteiger partial charge is 0.493 e. The van der Waals surface area contributed by atoms with Crippen LogP contribution in [0.1, 0.15) is 42.5 Å². The van der Waals surface area contributed by atoms with Gasteiger partial charge in [-0.25, -0.2) is 8.78 Å². The van der Waals surface area contributed by atoms with E-state index in [1.54, 1.807) is 6.07 Å². The Morgan fingerprint density at radius 1 is 1.03 bits per heavy atom. The average Bonchev–Trinajstić information content (AvgIpc) is 3.00. The van der Waals surface area contributed by atoms with Crippen molar-refractivity contribution in [1.82, 2.24) is 5.32 Å². The molecule has 172 valence electrons. The number of carbonyl (C=O) groups is 1. The molecule has 0 unspecified atom stereocenters. The first kappa shape index (κ1) is 23.3. The lowest BCUT2D eigenvalue weighted by atomic mass is 9.91. The number of hydrogen-bond acceptors (Lipinski definition) is 6. The van der Waals surface area contributed by atoms with Crippen LogP contribution in [-0.4, -0.2) is 34.3 Å². The van der Waals surface area contributed by atoms with Crippen LogP contribution in [0.4, 0.5) is 8.78 Å². The van der Waals surface area contributed by atoms with Gasteiger partial charge in [0, 0.05) is 12.5 Å². The minimum Gasteiger partial charge on any atom is -0.493 e. The summed E-state index contributed by atoms with van der Waals surface area (Å²) < 4.78 is 50.1. The summed E-state index contributed by atoms with van der Waals surface area (Å²) in [7, 11) is 5.39. The Hall–Kier alpha value is -3.36. The molecule has 0 bridgehead atoms. The van der Waals surface area contributed by atoms with Gasteiger partial charge < -0.3 is 24.3 Å². The number of hydrogen-bond donors (Lipinski definition) is 1. The molecule has 0 aliphatic heterocycles. The molecular weight excluding hydrogens is 424 g/mol. The molecule has 1 aliphatic carbocycles. The Labute approximate surface area is 184 Å². The van der Waals surface area contributed by atoms with E-state index in [9.17, 15) is 18.4 Å². The molecule has 32 heavy (non-hydrogen) atoms. The zero-order valence-corrected chi connectivity index (χ0v) is 18.5. The monoisotopic (exact) mass is 449 g/mol. The van der Waals surface area contributed by atoms with Gasteiger partial charge in [-0.05, 0) is 41.7 Å². The summed E-state index contributed by atoms with van der Waals surface area (Å²) in [5.74, 6) is -0.122. The fraction of sp³-hybridized carbons (Fsp3) is 0.391. The molecular formula is C23H25F2NO6. The Kier molecular flexibility index (Phi) is 6.86. The summed E-state index contributed by atoms with van der Waals surface area (Å²) in [6, 6.07) is 3.85. The van der Waals surface area contributed by atoms with Gasteiger partial charge in [0.15, 0.2) is 17.2 Å². The number of carbonyl (C=O) groups excluding carboxylic acids is 1. The van der Waals surface area contributed by atoms with Gasteiger partial charge in [0.05, 0.1) is 40.0 Å². The molecule has 2 aromatic carbocycles. The molecule has 1 atom stereocenters. The molecule has 0 saturated heterocycles. The quantitative estimate of drug-likeness (QED) is 0.722. The molecule has 0 spiro atoms. The van der Waals surface area contributed by atoms with Crippen LogP contribution in [-0.2, 0) is 11.2 Å². The van der Waals surface area contributed by atoms with E-state index < -0.39 is 17.9 Å². The normalized spacial score (nSPS) is 14.7. The third-order valence-corrected chi connectivity index (χ3v) is 5.51. The molecule has 2 aromatic rings. The lowest BCUT2D eigenvalue weighted by Crippen LogP contribution is -2.26. The standard InChI is InChI=1S/C23H25F2NO6/c1-11(27)26-15-8-6-13-18(12-7-9-17(29-2)16(28)10-14(12)15)20(30-3)22(32-5)21(31-4)19(13)23(24)25/h7,9-10,15,23H,6,8H2,1-5H3,(H,26,27)/t15-/m0/s1. The summed E-state index contributed by atoms with van der Waals surface area (Å²) in [5.41, 5.74) is 0.882. The Morgan fingerprint density at radius 2 is 1.69 bits per heavy atom. The first-order valence-electron chi connectivity index (χ1n) is 9.91. The molecule has 0 radical (unpaired) electrons. The maximum absolute atomic E-state index is 14.3. The zero-order chi connectivity index (χ0) is 23.6. The first-order valence-corrected chi connectivity index (χ1v) is 9.91. The van der Waals surface area contributed by atoms with Crippen molar-refractivity contribution >= 4 is 5.91 Å². The van der Waals surface area contributed by atoms with E-state index >= 15 is 0 Å². The lowest BCUT2D eigenvalue weighted by molar-refractivity contribution is -0.119. The molecule has 9 heteroatoms. The SMILES string of the molecule is COc1c(OC)c2c(c(C(F)F)c1OC)CC[C@H](NC(C)=O)c1cc(=O)c(OC)ccc1-2. The third-order valence-electron chi connectivity index (χ3n) is 5.51. The van der Waals surface area contributed by atoms with Gasteiger partial charge in [0.1, 0.15) is 0 Å². The summed E-state index contributed by atoms with van der Waals surface area (Å²) in [6.07, 6.45) is -2.40. The van der Waals surface area contributed by atoms with Crippen molar-refractivity contribution in [1.29, 1.82) is 0 Å². The van der Waals surface area contributed by atoms with Crippen LogP contribution in [0.25, 0.3) is 11.1 Å². The number of methoxy groups -OCH3 is 4. The Bertz CT molecular complexity index is 1100. The molecule has 7 nitrogen and oxygen atoms in total. The van der Waals surface area contributed by atoms with E-state index in [-0.39, 0.29) is 47.3 Å². The number of benzene rings is 1. The van der Waals surface area contributed by atoms with Crippen LogP contribution in [0.5, 0.6) is 23.0 Å². The van der Waals surface area contributed by atoms with Crippen molar-refractivity contribution in [2.45, 2.75) is 32.2 Å². The highest BCUT2D eigenvalue weighted by atomic mass is 19.3. The van der Waals surface area contributed by atoms with Crippen LogP contribution in [0.3, 0.4) is 0 Å². The number of rotatable bonds is 6. The maximum atomic E-state index is 14.3. The van der Waals surface area contributed by atoms with Crippen LogP contribution >= 0.6 is 0 Å². The Morgan fingerprint density at radius 3 is 2.22 bits per heavy atom. The minimum absolute atomic E-state index is 0.0220. The highest BCUT2D eigenvalue weighted by Crippen LogP contribution is 2.54. The molecule has 3 rings (SSSR count). The number of amides is 1. The fourth-order valence-corrected chi connectivity index (χ4v) is 4.26. The molecule has 0 aromatic heterocycles. The minimum atomic E-state index is -2.86. The summed E-state index contributed by atoms with van der Waals surface area (Å²) in [4.78, 5) is 24.6. The van der Waals surface area contributed by atoms with Crippen molar-refractivity contribution in [3.05, 3.63) is 45.1 Å². The highest BCUT2D eigenvalue weighted by molar-refractivity contribution is 5.85. The summed E-state index contributed by atoms with van der Waals surface area (Å²) in [5, 5.41) is 2.83. The van der Waals surface area contributed by atoms with Gasteiger partial charge in [-0.2, -0.15) is 0 Å². The second-order valence-corrected chi connectivity index (χ2v) is 7.24. The summed E-state index contributed by atoms with van der Waals surface area (Å²) >= 11 is 0. The van der Waals surface area contributed by atoms with Gasteiger partial charge in [0.25, 0.3) is 6.43 Å². The maximum Gasteiger partial charge on any atom is 0.267 e. The number of fused-ring (bicyclic) bond motifs is 3. The molecule has 1 amide bonds. The van der Waals surface area contributed by atoms with Gasteiger partial charge in [-0.15, -0.1) is 0 Å². The van der Waals surface area contributed by atoms with Crippen LogP contribution in [0.2, 0.25) is 0 Å². The van der Waals surface area contributed by atoms with Crippen LogP contribution in [0.15, 0.2) is 23.0 Å². The number of halogens is 2. The molecule has 1 aliphatic rings. The topological polar surface area (TPSA) is 83.1 Å². The van der Waals surface area contributed by atoms with Crippen molar-refractivity contribution < 1.29 is 32.5 Å². The molecule has 0 fully saturated rings. The highest BCUT2D eigenvalue weighted by Gasteiger charge is 2.35. The van der Waals surface area contributed by atoms with Gasteiger partial charge in [0.2, 0.25) is 17.1 Å². The van der Waals surface area contributed by atoms with Gasteiger partial charge in [-0.3, -0.25) is 9.59 Å². The van der Waals surface area contributed by atoms with E-state index in [2.05, 4.69) is 5.32 Å². The first-order chi connectivity index (χ1) is 15.3. The zero-order valence-electron chi connectivity index (χ0n) is 18.5. The van der Waals surface area contributed by atoms with E-state index in [4.69, 9.17) is 18.9 Å². The molecule has 1 N–H and O–H groups in total. The number of nitrogens with one attached hydrogen (secondary N) is 1. The number of alkyl halides is 2. The predicted octanol–water partition coefficient (Wildman–Crippen LogP) is 3.81. The third kappa shape index (κ3) is 3.94. The van der Waals surface area contributed by atoms with Gasteiger partial charge >= 0.3 is 0 Å². The van der Waals surface area contributed by atoms with E-state index in [1.165, 1.54) is 47.5 Å². The van der Waals surface area contributed by atoms with Crippen LogP contribution in [0, 0.1) is 0 Å². The van der Waals surface area contributed by atoms with Crippen molar-refractivity contribution in [3.63, 3.8) is 0 Å². The molecule has 0 heterocycles. The van der Waals surface area contributed by atoms with E-state index in [0.717, 1.165) is 0 Å². The van der Waals surface area contributed by atoms with E-state index in [0.29, 0.717) is 22.3 Å². The second kappa shape index (κ2) is 9.42. The molecule has 0 saturated carbocycles. The van der Waals surface area contributed by atoms with Crippen molar-refractivity contribution in [2.75, 3.05) is 28.4 Å². The second-order valence-electron chi connectivity index (χ2n) is 7.24. The van der Waals surface area contributed by atoms with E-state index in [1.807, 2.05) is 0 Å². The van der Waals surface area contributed by atoms with Crippen LogP contribution < -0.4 is 29.7 Å². The Balaban J connectivity index is 2.53. The smallest absolute Gasteiger partial charge is 0.267 e. The van der Waals surface area contributed by atoms with Crippen molar-refractivity contribution in [2.24, 2.45) is 0 Å². The average molecular weight is 449 g/mol.